The lowest BCUT2D eigenvalue weighted by Crippen LogP contribution is -2.30. The molecule has 0 amide bonds. The normalized spacial score (nSPS) is 14.5. The SMILES string of the molecule is CCCCCCCCCCCCCC(=O)O[C@H](COC(=O)CCCCCCCCCCCC)COP(=O)(O)OC[C@H](O)COP(=O)(O)OC[C@@H](COC(=O)CCCCCCCCCCCCCCCCC(C)CC)OC(=O)CCCCCCCCCCCCCCCCC(C)CC. The van der Waals surface area contributed by atoms with E-state index in [1.807, 2.05) is 0 Å². The van der Waals surface area contributed by atoms with Gasteiger partial charge in [-0.1, -0.05) is 356 Å². The predicted octanol–water partition coefficient (Wildman–Crippen LogP) is 23.1. The zero-order chi connectivity index (χ0) is 71.4. The first-order valence-corrected chi connectivity index (χ1v) is 43.6. The Labute approximate surface area is 594 Å². The second-order valence-corrected chi connectivity index (χ2v) is 31.5. The Morgan fingerprint density at radius 2 is 0.495 bits per heavy atom. The van der Waals surface area contributed by atoms with E-state index in [2.05, 4.69) is 41.5 Å². The van der Waals surface area contributed by atoms with Gasteiger partial charge in [-0.05, 0) is 37.5 Å². The molecule has 3 N–H and O–H groups in total. The van der Waals surface area contributed by atoms with Gasteiger partial charge in [0.1, 0.15) is 19.3 Å². The number of rotatable bonds is 77. The molecular weight excluding hydrogens is 1270 g/mol. The molecular formula is C78H152O17P2. The van der Waals surface area contributed by atoms with Gasteiger partial charge < -0.3 is 33.8 Å². The zero-order valence-electron chi connectivity index (χ0n) is 63.4. The number of hydrogen-bond donors (Lipinski definition) is 3. The van der Waals surface area contributed by atoms with E-state index in [0.717, 1.165) is 102 Å². The number of aliphatic hydroxyl groups is 1. The van der Waals surface area contributed by atoms with Gasteiger partial charge in [0.2, 0.25) is 0 Å². The maximum atomic E-state index is 13.1. The molecule has 0 bridgehead atoms. The van der Waals surface area contributed by atoms with Crippen molar-refractivity contribution in [3.63, 3.8) is 0 Å². The largest absolute Gasteiger partial charge is 0.472 e. The van der Waals surface area contributed by atoms with Crippen LogP contribution < -0.4 is 0 Å². The van der Waals surface area contributed by atoms with Gasteiger partial charge in [0.25, 0.3) is 0 Å². The van der Waals surface area contributed by atoms with Crippen LogP contribution in [-0.2, 0) is 65.4 Å². The predicted molar refractivity (Wildman–Crippen MR) is 395 cm³/mol. The number of esters is 4. The molecule has 17 nitrogen and oxygen atoms in total. The van der Waals surface area contributed by atoms with E-state index in [1.165, 1.54) is 225 Å². The number of phosphoric ester groups is 2. The number of hydrogen-bond acceptors (Lipinski definition) is 15. The fourth-order valence-corrected chi connectivity index (χ4v) is 13.5. The van der Waals surface area contributed by atoms with Crippen molar-refractivity contribution in [1.29, 1.82) is 0 Å². The Hall–Kier alpha value is -1.94. The Morgan fingerprint density at radius 1 is 0.289 bits per heavy atom. The molecule has 19 heteroatoms. The van der Waals surface area contributed by atoms with Gasteiger partial charge in [-0.25, -0.2) is 9.13 Å². The fraction of sp³-hybridized carbons (Fsp3) is 0.949. The lowest BCUT2D eigenvalue weighted by molar-refractivity contribution is -0.161. The number of phosphoric acid groups is 2. The maximum absolute atomic E-state index is 13.1. The van der Waals surface area contributed by atoms with E-state index in [-0.39, 0.29) is 25.7 Å². The van der Waals surface area contributed by atoms with Crippen molar-refractivity contribution in [2.75, 3.05) is 39.6 Å². The van der Waals surface area contributed by atoms with Crippen LogP contribution in [0.5, 0.6) is 0 Å². The number of ether oxygens (including phenoxy) is 4. The Morgan fingerprint density at radius 3 is 0.732 bits per heavy atom. The first kappa shape index (κ1) is 95.1. The van der Waals surface area contributed by atoms with Crippen molar-refractivity contribution >= 4 is 39.5 Å². The molecule has 0 aromatic carbocycles. The third kappa shape index (κ3) is 69.5. The number of aliphatic hydroxyl groups excluding tert-OH is 1. The molecule has 0 aromatic rings. The van der Waals surface area contributed by atoms with E-state index in [1.54, 1.807) is 0 Å². The highest BCUT2D eigenvalue weighted by atomic mass is 31.2. The van der Waals surface area contributed by atoms with E-state index >= 15 is 0 Å². The molecule has 0 radical (unpaired) electrons. The third-order valence-electron chi connectivity index (χ3n) is 18.9. The third-order valence-corrected chi connectivity index (χ3v) is 20.8. The second kappa shape index (κ2) is 69.8. The average molecular weight is 1420 g/mol. The van der Waals surface area contributed by atoms with E-state index in [0.29, 0.717) is 25.7 Å². The van der Waals surface area contributed by atoms with Crippen LogP contribution in [-0.4, -0.2) is 96.7 Å². The highest BCUT2D eigenvalue weighted by Gasteiger charge is 2.30. The molecule has 7 atom stereocenters. The molecule has 0 fully saturated rings. The lowest BCUT2D eigenvalue weighted by atomic mass is 9.99. The van der Waals surface area contributed by atoms with Crippen LogP contribution in [0.4, 0.5) is 0 Å². The topological polar surface area (TPSA) is 237 Å². The minimum atomic E-state index is -4.96. The van der Waals surface area contributed by atoms with Crippen molar-refractivity contribution in [3.05, 3.63) is 0 Å². The van der Waals surface area contributed by atoms with Crippen molar-refractivity contribution < 1.29 is 80.2 Å². The van der Waals surface area contributed by atoms with Crippen LogP contribution in [0.1, 0.15) is 408 Å². The summed E-state index contributed by atoms with van der Waals surface area (Å²) >= 11 is 0. The highest BCUT2D eigenvalue weighted by Crippen LogP contribution is 2.45. The molecule has 0 rings (SSSR count). The van der Waals surface area contributed by atoms with Gasteiger partial charge in [0, 0.05) is 25.7 Å². The first-order valence-electron chi connectivity index (χ1n) is 40.6. The van der Waals surface area contributed by atoms with Crippen LogP contribution in [0.15, 0.2) is 0 Å². The van der Waals surface area contributed by atoms with Gasteiger partial charge in [-0.2, -0.15) is 0 Å². The van der Waals surface area contributed by atoms with Crippen LogP contribution in [0.25, 0.3) is 0 Å². The summed E-state index contributed by atoms with van der Waals surface area (Å²) in [6.07, 6.45) is 58.0. The van der Waals surface area contributed by atoms with E-state index < -0.39 is 97.5 Å². The minimum Gasteiger partial charge on any atom is -0.462 e. The van der Waals surface area contributed by atoms with Gasteiger partial charge in [0.05, 0.1) is 26.4 Å². The monoisotopic (exact) mass is 1420 g/mol. The molecule has 0 aliphatic rings. The molecule has 0 saturated heterocycles. The fourth-order valence-electron chi connectivity index (χ4n) is 11.9. The smallest absolute Gasteiger partial charge is 0.462 e. The summed E-state index contributed by atoms with van der Waals surface area (Å²) in [5.74, 6) is -0.416. The standard InChI is InChI=1S/C78H152O17P2/c1-7-11-13-15-17-19-29-38-44-50-56-62-77(82)94-73(66-88-75(80)60-54-48-42-36-20-18-16-14-12-8-2)68-92-96(84,85)90-64-72(79)65-91-97(86,87)93-69-74(95-78(83)63-57-51-45-39-33-28-24-22-26-31-35-41-47-53-59-71(6)10-4)67-89-76(81)61-55-49-43-37-32-27-23-21-25-30-34-40-46-52-58-70(5)9-3/h70-74,79H,7-69H2,1-6H3,(H,84,85)(H,86,87)/t70?,71?,72-,73+,74+/m0/s1. The summed E-state index contributed by atoms with van der Waals surface area (Å²) in [5.41, 5.74) is 0. The lowest BCUT2D eigenvalue weighted by Gasteiger charge is -2.21. The molecule has 97 heavy (non-hydrogen) atoms. The molecule has 0 aliphatic heterocycles. The van der Waals surface area contributed by atoms with Crippen molar-refractivity contribution in [2.24, 2.45) is 11.8 Å². The Kier molecular flexibility index (Phi) is 68.4. The van der Waals surface area contributed by atoms with Gasteiger partial charge in [-0.15, -0.1) is 0 Å². The maximum Gasteiger partial charge on any atom is 0.472 e. The molecule has 0 spiro atoms. The van der Waals surface area contributed by atoms with Crippen LogP contribution in [0, 0.1) is 11.8 Å². The summed E-state index contributed by atoms with van der Waals surface area (Å²) in [7, 11) is -9.91. The molecule has 0 aromatic heterocycles. The molecule has 576 valence electrons. The molecule has 0 aliphatic carbocycles. The van der Waals surface area contributed by atoms with Crippen molar-refractivity contribution in [2.45, 2.75) is 426 Å². The van der Waals surface area contributed by atoms with E-state index in [9.17, 15) is 43.2 Å². The summed E-state index contributed by atoms with van der Waals surface area (Å²) in [5, 5.41) is 10.6. The van der Waals surface area contributed by atoms with E-state index in [4.69, 9.17) is 37.0 Å². The molecule has 0 heterocycles. The van der Waals surface area contributed by atoms with Gasteiger partial charge in [-0.3, -0.25) is 37.3 Å². The van der Waals surface area contributed by atoms with Crippen LogP contribution >= 0.6 is 15.6 Å². The highest BCUT2D eigenvalue weighted by molar-refractivity contribution is 7.47. The average Bonchev–Trinajstić information content (AvgIpc) is 1.16. The molecule has 0 saturated carbocycles. The summed E-state index contributed by atoms with van der Waals surface area (Å²) < 4.78 is 68.6. The summed E-state index contributed by atoms with van der Waals surface area (Å²) in [4.78, 5) is 72.8. The number of carbonyl (C=O) groups excluding carboxylic acids is 4. The minimum absolute atomic E-state index is 0.107. The van der Waals surface area contributed by atoms with Crippen molar-refractivity contribution in [3.8, 4) is 0 Å². The number of carbonyl (C=O) groups is 4. The zero-order valence-corrected chi connectivity index (χ0v) is 65.2. The first-order chi connectivity index (χ1) is 46.9. The second-order valence-electron chi connectivity index (χ2n) is 28.6. The van der Waals surface area contributed by atoms with Crippen LogP contribution in [0.2, 0.25) is 0 Å². The summed E-state index contributed by atoms with van der Waals surface area (Å²) in [6.45, 7) is 9.71. The molecule has 4 unspecified atom stereocenters. The quantitative estimate of drug-likeness (QED) is 0.0222. The van der Waals surface area contributed by atoms with Crippen molar-refractivity contribution in [1.82, 2.24) is 0 Å². The van der Waals surface area contributed by atoms with Gasteiger partial charge in [0.15, 0.2) is 12.2 Å². The van der Waals surface area contributed by atoms with Crippen LogP contribution in [0.3, 0.4) is 0 Å². The van der Waals surface area contributed by atoms with Gasteiger partial charge >= 0.3 is 39.5 Å². The number of unbranched alkanes of at least 4 members (excludes halogenated alkanes) is 45. The Balaban J connectivity index is 5.23. The summed E-state index contributed by atoms with van der Waals surface area (Å²) in [6, 6.07) is 0. The Bertz CT molecular complexity index is 1880.